The van der Waals surface area contributed by atoms with Crippen LogP contribution in [0.15, 0.2) is 24.3 Å². The van der Waals surface area contributed by atoms with Crippen LogP contribution in [0.2, 0.25) is 0 Å². The predicted molar refractivity (Wildman–Crippen MR) is 78.5 cm³/mol. The summed E-state index contributed by atoms with van der Waals surface area (Å²) in [6.07, 6.45) is 2.39. The Balaban J connectivity index is 2.48. The first-order valence-corrected chi connectivity index (χ1v) is 6.76. The summed E-state index contributed by atoms with van der Waals surface area (Å²) in [5.74, 6) is 2.63. The van der Waals surface area contributed by atoms with Crippen molar-refractivity contribution >= 4 is 18.3 Å². The van der Waals surface area contributed by atoms with Crippen molar-refractivity contribution in [1.82, 2.24) is 0 Å². The lowest BCUT2D eigenvalue weighted by Gasteiger charge is -2.21. The average Bonchev–Trinajstić information content (AvgIpc) is 2.36. The zero-order chi connectivity index (χ0) is 12.7. The highest BCUT2D eigenvalue weighted by atomic mass is 32.1. The molecule has 3 heteroatoms. The number of hydrogen-bond acceptors (Lipinski definition) is 3. The van der Waals surface area contributed by atoms with Gasteiger partial charge in [-0.2, -0.15) is 12.6 Å². The Bertz CT molecular complexity index is 330. The van der Waals surface area contributed by atoms with Crippen molar-refractivity contribution in [1.29, 1.82) is 0 Å². The van der Waals surface area contributed by atoms with Gasteiger partial charge in [-0.3, -0.25) is 0 Å². The van der Waals surface area contributed by atoms with E-state index in [1.54, 1.807) is 7.11 Å². The molecule has 0 saturated heterocycles. The topological polar surface area (TPSA) is 12.5 Å². The molecule has 2 nitrogen and oxygen atoms in total. The summed E-state index contributed by atoms with van der Waals surface area (Å²) < 4.78 is 5.23. The van der Waals surface area contributed by atoms with Crippen LogP contribution in [0.5, 0.6) is 5.75 Å². The lowest BCUT2D eigenvalue weighted by Crippen LogP contribution is -2.20. The summed E-state index contributed by atoms with van der Waals surface area (Å²) in [6, 6.07) is 8.19. The quantitative estimate of drug-likeness (QED) is 0.747. The Morgan fingerprint density at radius 3 is 2.76 bits per heavy atom. The molecule has 0 spiro atoms. The monoisotopic (exact) mass is 253 g/mol. The Kier molecular flexibility index (Phi) is 6.27. The molecule has 0 aliphatic carbocycles. The number of hydrogen-bond donors (Lipinski definition) is 1. The van der Waals surface area contributed by atoms with Crippen LogP contribution in [0.25, 0.3) is 0 Å². The molecule has 0 fully saturated rings. The summed E-state index contributed by atoms with van der Waals surface area (Å²) >= 11 is 4.27. The van der Waals surface area contributed by atoms with Crippen molar-refractivity contribution in [2.24, 2.45) is 5.92 Å². The number of nitrogens with zero attached hydrogens (tertiary/aromatic N) is 1. The normalized spacial score (nSPS) is 12.2. The highest BCUT2D eigenvalue weighted by Gasteiger charge is 2.05. The third kappa shape index (κ3) is 4.90. The number of anilines is 1. The molecule has 0 radical (unpaired) electrons. The maximum absolute atomic E-state index is 5.23. The predicted octanol–water partition coefficient (Wildman–Crippen LogP) is 3.48. The summed E-state index contributed by atoms with van der Waals surface area (Å²) in [5.41, 5.74) is 1.21. The Labute approximate surface area is 110 Å². The molecule has 1 aromatic rings. The molecule has 1 unspecified atom stereocenters. The zero-order valence-corrected chi connectivity index (χ0v) is 11.9. The van der Waals surface area contributed by atoms with Gasteiger partial charge >= 0.3 is 0 Å². The fraction of sp³-hybridized carbons (Fsp3) is 0.571. The van der Waals surface area contributed by atoms with Crippen molar-refractivity contribution in [2.45, 2.75) is 19.8 Å². The van der Waals surface area contributed by atoms with Crippen molar-refractivity contribution in [3.8, 4) is 5.75 Å². The van der Waals surface area contributed by atoms with Gasteiger partial charge in [-0.05, 0) is 36.6 Å². The average molecular weight is 253 g/mol. The molecule has 0 aliphatic rings. The molecule has 1 aromatic carbocycles. The number of thiol groups is 1. The molecule has 96 valence electrons. The molecule has 0 amide bonds. The first-order chi connectivity index (χ1) is 8.17. The summed E-state index contributed by atoms with van der Waals surface area (Å²) in [7, 11) is 3.83. The molecule has 1 rings (SSSR count). The van der Waals surface area contributed by atoms with Crippen LogP contribution >= 0.6 is 12.6 Å². The van der Waals surface area contributed by atoms with E-state index >= 15 is 0 Å². The maximum Gasteiger partial charge on any atom is 0.120 e. The van der Waals surface area contributed by atoms with Gasteiger partial charge in [-0.25, -0.2) is 0 Å². The molecule has 1 atom stereocenters. The molecular weight excluding hydrogens is 230 g/mol. The largest absolute Gasteiger partial charge is 0.497 e. The number of benzene rings is 1. The smallest absolute Gasteiger partial charge is 0.120 e. The molecule has 0 aromatic heterocycles. The molecule has 0 bridgehead atoms. The lowest BCUT2D eigenvalue weighted by molar-refractivity contribution is 0.414. The van der Waals surface area contributed by atoms with E-state index in [1.165, 1.54) is 18.5 Å². The van der Waals surface area contributed by atoms with Crippen molar-refractivity contribution < 1.29 is 4.74 Å². The zero-order valence-electron chi connectivity index (χ0n) is 11.0. The molecule has 0 N–H and O–H groups in total. The Hall–Kier alpha value is -0.830. The van der Waals surface area contributed by atoms with Crippen LogP contribution < -0.4 is 9.64 Å². The van der Waals surface area contributed by atoms with Gasteiger partial charge in [0, 0.05) is 25.3 Å². The van der Waals surface area contributed by atoms with Crippen molar-refractivity contribution in [2.75, 3.05) is 31.4 Å². The van der Waals surface area contributed by atoms with E-state index < -0.39 is 0 Å². The number of ether oxygens (including phenoxy) is 1. The van der Waals surface area contributed by atoms with E-state index in [1.807, 2.05) is 12.1 Å². The minimum absolute atomic E-state index is 0.737. The van der Waals surface area contributed by atoms with E-state index in [-0.39, 0.29) is 0 Å². The second-order valence-corrected chi connectivity index (χ2v) is 4.98. The Morgan fingerprint density at radius 1 is 1.35 bits per heavy atom. The Morgan fingerprint density at radius 2 is 2.12 bits per heavy atom. The fourth-order valence-corrected chi connectivity index (χ4v) is 2.20. The highest BCUT2D eigenvalue weighted by molar-refractivity contribution is 7.80. The standard InChI is InChI=1S/C14H23NOS/c1-12(8-10-17)7-9-15(2)13-5-4-6-14(11-13)16-3/h4-6,11-12,17H,7-10H2,1-3H3. The van der Waals surface area contributed by atoms with Crippen LogP contribution in [0.1, 0.15) is 19.8 Å². The molecule has 0 aliphatic heterocycles. The van der Waals surface area contributed by atoms with Crippen LogP contribution in [0.4, 0.5) is 5.69 Å². The molecule has 0 heterocycles. The van der Waals surface area contributed by atoms with Gasteiger partial charge in [0.2, 0.25) is 0 Å². The first kappa shape index (κ1) is 14.2. The molecular formula is C14H23NOS. The third-order valence-electron chi connectivity index (χ3n) is 3.07. The van der Waals surface area contributed by atoms with Gasteiger partial charge in [-0.1, -0.05) is 13.0 Å². The van der Waals surface area contributed by atoms with E-state index in [0.29, 0.717) is 0 Å². The van der Waals surface area contributed by atoms with Gasteiger partial charge in [0.15, 0.2) is 0 Å². The lowest BCUT2D eigenvalue weighted by atomic mass is 10.0. The number of methoxy groups -OCH3 is 1. The second kappa shape index (κ2) is 7.49. The van der Waals surface area contributed by atoms with E-state index in [2.05, 4.69) is 43.6 Å². The SMILES string of the molecule is COc1cccc(N(C)CCC(C)CCS)c1. The first-order valence-electron chi connectivity index (χ1n) is 6.13. The summed E-state index contributed by atoms with van der Waals surface area (Å²) in [5, 5.41) is 0. The van der Waals surface area contributed by atoms with Gasteiger partial charge in [0.1, 0.15) is 5.75 Å². The number of rotatable bonds is 7. The summed E-state index contributed by atoms with van der Waals surface area (Å²) in [4.78, 5) is 2.28. The van der Waals surface area contributed by atoms with Gasteiger partial charge in [-0.15, -0.1) is 0 Å². The van der Waals surface area contributed by atoms with Gasteiger partial charge < -0.3 is 9.64 Å². The fourth-order valence-electron chi connectivity index (χ4n) is 1.76. The van der Waals surface area contributed by atoms with Gasteiger partial charge in [0.05, 0.1) is 7.11 Å². The van der Waals surface area contributed by atoms with Crippen molar-refractivity contribution in [3.63, 3.8) is 0 Å². The highest BCUT2D eigenvalue weighted by Crippen LogP contribution is 2.20. The second-order valence-electron chi connectivity index (χ2n) is 4.53. The minimum atomic E-state index is 0.737. The van der Waals surface area contributed by atoms with Crippen LogP contribution in [-0.4, -0.2) is 26.5 Å². The van der Waals surface area contributed by atoms with E-state index in [4.69, 9.17) is 4.74 Å². The van der Waals surface area contributed by atoms with Crippen LogP contribution in [0, 0.1) is 5.92 Å². The van der Waals surface area contributed by atoms with Crippen LogP contribution in [0.3, 0.4) is 0 Å². The van der Waals surface area contributed by atoms with Crippen LogP contribution in [-0.2, 0) is 0 Å². The molecule has 0 saturated carbocycles. The molecule has 17 heavy (non-hydrogen) atoms. The van der Waals surface area contributed by atoms with Gasteiger partial charge in [0.25, 0.3) is 0 Å². The summed E-state index contributed by atoms with van der Waals surface area (Å²) in [6.45, 7) is 3.36. The van der Waals surface area contributed by atoms with Crippen molar-refractivity contribution in [3.05, 3.63) is 24.3 Å². The minimum Gasteiger partial charge on any atom is -0.497 e. The van der Waals surface area contributed by atoms with E-state index in [9.17, 15) is 0 Å². The third-order valence-corrected chi connectivity index (χ3v) is 3.33. The maximum atomic E-state index is 5.23. The van der Waals surface area contributed by atoms with E-state index in [0.717, 1.165) is 24.0 Å².